The predicted octanol–water partition coefficient (Wildman–Crippen LogP) is 2.86. The highest BCUT2D eigenvalue weighted by molar-refractivity contribution is 14.0. The number of nitrogens with zero attached hydrogens (tertiary/aromatic N) is 4. The second kappa shape index (κ2) is 12.0. The largest absolute Gasteiger partial charge is 0.494 e. The molecule has 0 saturated carbocycles. The molecule has 0 aliphatic carbocycles. The first kappa shape index (κ1) is 24.3. The van der Waals surface area contributed by atoms with Crippen molar-refractivity contribution in [3.05, 3.63) is 41.3 Å². The molecule has 1 aromatic carbocycles. The number of methoxy groups -OCH3 is 1. The summed E-state index contributed by atoms with van der Waals surface area (Å²) in [6, 6.07) is 5.49. The normalized spacial score (nSPS) is 15.5. The molecule has 0 amide bonds. The van der Waals surface area contributed by atoms with Gasteiger partial charge in [-0.1, -0.05) is 11.2 Å². The Labute approximate surface area is 193 Å². The lowest BCUT2D eigenvalue weighted by Gasteiger charge is -2.33. The molecule has 3 rings (SSSR count). The van der Waals surface area contributed by atoms with Gasteiger partial charge in [-0.25, -0.2) is 9.38 Å². The molecule has 2 heterocycles. The Balaban J connectivity index is 0.00000320. The number of aromatic nitrogens is 2. The molecule has 2 N–H and O–H groups in total. The summed E-state index contributed by atoms with van der Waals surface area (Å²) in [5.74, 6) is 1.83. The minimum Gasteiger partial charge on any atom is -0.494 e. The van der Waals surface area contributed by atoms with E-state index in [-0.39, 0.29) is 35.5 Å². The van der Waals surface area contributed by atoms with Crippen LogP contribution in [-0.2, 0) is 13.1 Å². The van der Waals surface area contributed by atoms with Crippen molar-refractivity contribution in [3.63, 3.8) is 0 Å². The fraction of sp³-hybridized carbons (Fsp3) is 0.550. The lowest BCUT2D eigenvalue weighted by molar-refractivity contribution is 0.198. The van der Waals surface area contributed by atoms with Crippen molar-refractivity contribution in [2.45, 2.75) is 45.8 Å². The van der Waals surface area contributed by atoms with Crippen LogP contribution in [0.25, 0.3) is 0 Å². The zero-order valence-corrected chi connectivity index (χ0v) is 20.0. The number of ether oxygens (including phenoxy) is 1. The fourth-order valence-corrected chi connectivity index (χ4v) is 3.37. The minimum absolute atomic E-state index is 0. The molecule has 30 heavy (non-hydrogen) atoms. The summed E-state index contributed by atoms with van der Waals surface area (Å²) in [5, 5.41) is 10.6. The topological polar surface area (TPSA) is 87.8 Å². The SMILES string of the molecule is CCNC(=NCc1noc(C)n1)NC1CCN(Cc2ccc(OC)c(F)c2)CC1.I. The van der Waals surface area contributed by atoms with Crippen molar-refractivity contribution < 1.29 is 13.7 Å². The Morgan fingerprint density at radius 1 is 1.37 bits per heavy atom. The van der Waals surface area contributed by atoms with E-state index in [1.54, 1.807) is 19.1 Å². The van der Waals surface area contributed by atoms with Crippen LogP contribution < -0.4 is 15.4 Å². The monoisotopic (exact) mass is 532 g/mol. The molecule has 0 radical (unpaired) electrons. The molecule has 1 aliphatic rings. The Morgan fingerprint density at radius 3 is 2.73 bits per heavy atom. The van der Waals surface area contributed by atoms with Crippen molar-refractivity contribution in [3.8, 4) is 5.75 Å². The van der Waals surface area contributed by atoms with Crippen molar-refractivity contribution in [2.24, 2.45) is 4.99 Å². The van der Waals surface area contributed by atoms with E-state index in [9.17, 15) is 4.39 Å². The molecule has 0 atom stereocenters. The van der Waals surface area contributed by atoms with Crippen LogP contribution in [0, 0.1) is 12.7 Å². The predicted molar refractivity (Wildman–Crippen MR) is 124 cm³/mol. The molecule has 1 aliphatic heterocycles. The highest BCUT2D eigenvalue weighted by atomic mass is 127. The van der Waals surface area contributed by atoms with E-state index in [2.05, 4.69) is 30.7 Å². The first-order valence-electron chi connectivity index (χ1n) is 9.96. The summed E-state index contributed by atoms with van der Waals surface area (Å²) in [7, 11) is 1.48. The summed E-state index contributed by atoms with van der Waals surface area (Å²) >= 11 is 0. The molecular weight excluding hydrogens is 502 g/mol. The van der Waals surface area contributed by atoms with Crippen LogP contribution in [0.5, 0.6) is 5.75 Å². The maximum atomic E-state index is 13.9. The number of aliphatic imine (C=N–C) groups is 1. The number of guanidine groups is 1. The number of hydrogen-bond donors (Lipinski definition) is 2. The van der Waals surface area contributed by atoms with Gasteiger partial charge in [-0.2, -0.15) is 4.98 Å². The average Bonchev–Trinajstić information content (AvgIpc) is 3.13. The second-order valence-corrected chi connectivity index (χ2v) is 7.09. The Morgan fingerprint density at radius 2 is 2.13 bits per heavy atom. The smallest absolute Gasteiger partial charge is 0.223 e. The minimum atomic E-state index is -0.315. The van der Waals surface area contributed by atoms with Gasteiger partial charge in [-0.3, -0.25) is 4.90 Å². The van der Waals surface area contributed by atoms with Crippen LogP contribution in [0.4, 0.5) is 4.39 Å². The van der Waals surface area contributed by atoms with Crippen molar-refractivity contribution in [1.82, 2.24) is 25.7 Å². The van der Waals surface area contributed by atoms with Gasteiger partial charge < -0.3 is 19.9 Å². The van der Waals surface area contributed by atoms with Crippen LogP contribution in [0.2, 0.25) is 0 Å². The average molecular weight is 532 g/mol. The molecule has 2 aromatic rings. The van der Waals surface area contributed by atoms with Crippen molar-refractivity contribution in [1.29, 1.82) is 0 Å². The summed E-state index contributed by atoms with van der Waals surface area (Å²) in [4.78, 5) is 11.1. The van der Waals surface area contributed by atoms with E-state index in [0.29, 0.717) is 24.3 Å². The first-order valence-corrected chi connectivity index (χ1v) is 9.96. The van der Waals surface area contributed by atoms with Crippen molar-refractivity contribution >= 4 is 29.9 Å². The Hall–Kier alpha value is -1.95. The number of hydrogen-bond acceptors (Lipinski definition) is 6. The van der Waals surface area contributed by atoms with E-state index in [4.69, 9.17) is 9.26 Å². The zero-order valence-electron chi connectivity index (χ0n) is 17.7. The third-order valence-electron chi connectivity index (χ3n) is 4.84. The Kier molecular flexibility index (Phi) is 9.76. The number of piperidine rings is 1. The van der Waals surface area contributed by atoms with Crippen LogP contribution in [-0.4, -0.2) is 53.8 Å². The summed E-state index contributed by atoms with van der Waals surface area (Å²) in [5.41, 5.74) is 0.958. The molecule has 1 aromatic heterocycles. The number of rotatable bonds is 7. The maximum Gasteiger partial charge on any atom is 0.223 e. The van der Waals surface area contributed by atoms with Gasteiger partial charge in [-0.05, 0) is 37.5 Å². The van der Waals surface area contributed by atoms with E-state index < -0.39 is 0 Å². The third-order valence-corrected chi connectivity index (χ3v) is 4.84. The first-order chi connectivity index (χ1) is 14.1. The number of nitrogens with one attached hydrogen (secondary N) is 2. The highest BCUT2D eigenvalue weighted by Crippen LogP contribution is 2.20. The molecule has 166 valence electrons. The summed E-state index contributed by atoms with van der Waals surface area (Å²) in [6.45, 7) is 7.56. The number of halogens is 2. The van der Waals surface area contributed by atoms with Gasteiger partial charge in [0.15, 0.2) is 23.4 Å². The molecular formula is C20H30FIN6O2. The molecule has 1 fully saturated rings. The summed E-state index contributed by atoms with van der Waals surface area (Å²) < 4.78 is 23.9. The quantitative estimate of drug-likeness (QED) is 0.322. The van der Waals surface area contributed by atoms with Crippen LogP contribution in [0.3, 0.4) is 0 Å². The molecule has 10 heteroatoms. The molecule has 0 bridgehead atoms. The third kappa shape index (κ3) is 7.08. The second-order valence-electron chi connectivity index (χ2n) is 7.09. The van der Waals surface area contributed by atoms with Gasteiger partial charge in [0.25, 0.3) is 0 Å². The van der Waals surface area contributed by atoms with Crippen molar-refractivity contribution in [2.75, 3.05) is 26.7 Å². The molecule has 0 spiro atoms. The Bertz CT molecular complexity index is 823. The van der Waals surface area contributed by atoms with Gasteiger partial charge in [0, 0.05) is 39.1 Å². The lowest BCUT2D eigenvalue weighted by atomic mass is 10.0. The fourth-order valence-electron chi connectivity index (χ4n) is 3.37. The van der Waals surface area contributed by atoms with Gasteiger partial charge >= 0.3 is 0 Å². The van der Waals surface area contributed by atoms with Crippen LogP contribution >= 0.6 is 24.0 Å². The van der Waals surface area contributed by atoms with Crippen LogP contribution in [0.15, 0.2) is 27.7 Å². The summed E-state index contributed by atoms with van der Waals surface area (Å²) in [6.07, 6.45) is 1.98. The molecule has 8 nitrogen and oxygen atoms in total. The zero-order chi connectivity index (χ0) is 20.6. The number of aryl methyl sites for hydroxylation is 1. The van der Waals surface area contributed by atoms with E-state index in [1.165, 1.54) is 7.11 Å². The highest BCUT2D eigenvalue weighted by Gasteiger charge is 2.20. The van der Waals surface area contributed by atoms with Gasteiger partial charge in [0.2, 0.25) is 5.89 Å². The van der Waals surface area contributed by atoms with Crippen LogP contribution in [0.1, 0.15) is 37.0 Å². The lowest BCUT2D eigenvalue weighted by Crippen LogP contribution is -2.48. The van der Waals surface area contributed by atoms with Gasteiger partial charge in [0.05, 0.1) is 7.11 Å². The standard InChI is InChI=1S/C20H29FN6O2.HI/c1-4-22-20(23-12-19-24-14(2)29-26-19)25-16-7-9-27(10-8-16)13-15-5-6-18(28-3)17(21)11-15;/h5-6,11,16H,4,7-10,12-13H2,1-3H3,(H2,22,23,25);1H. The van der Waals surface area contributed by atoms with E-state index in [0.717, 1.165) is 50.5 Å². The van der Waals surface area contributed by atoms with E-state index >= 15 is 0 Å². The van der Waals surface area contributed by atoms with E-state index in [1.807, 2.05) is 13.0 Å². The van der Waals surface area contributed by atoms with Gasteiger partial charge in [-0.15, -0.1) is 24.0 Å². The van der Waals surface area contributed by atoms with Gasteiger partial charge in [0.1, 0.15) is 6.54 Å². The molecule has 1 saturated heterocycles. The number of likely N-dealkylation sites (tertiary alicyclic amines) is 1. The maximum absolute atomic E-state index is 13.9. The number of benzene rings is 1. The molecule has 0 unspecified atom stereocenters.